The third kappa shape index (κ3) is 1.88. The summed E-state index contributed by atoms with van der Waals surface area (Å²) in [5.41, 5.74) is 6.60. The summed E-state index contributed by atoms with van der Waals surface area (Å²) in [6.07, 6.45) is 7.00. The van der Waals surface area contributed by atoms with Crippen molar-refractivity contribution in [2.75, 3.05) is 12.3 Å². The fourth-order valence-electron chi connectivity index (χ4n) is 2.67. The van der Waals surface area contributed by atoms with Gasteiger partial charge in [0, 0.05) is 18.9 Å². The van der Waals surface area contributed by atoms with Crippen molar-refractivity contribution in [2.45, 2.75) is 25.8 Å². The number of likely N-dealkylation sites (tertiary alicyclic amines) is 1. The summed E-state index contributed by atoms with van der Waals surface area (Å²) in [5.74, 6) is 6.37. The van der Waals surface area contributed by atoms with Crippen LogP contribution in [0.2, 0.25) is 0 Å². The van der Waals surface area contributed by atoms with E-state index < -0.39 is 0 Å². The Morgan fingerprint density at radius 3 is 3.15 bits per heavy atom. The zero-order valence-corrected chi connectivity index (χ0v) is 11.2. The predicted octanol–water partition coefficient (Wildman–Crippen LogP) is 0.998. The molecule has 3 heterocycles. The van der Waals surface area contributed by atoms with Crippen molar-refractivity contribution in [3.63, 3.8) is 0 Å². The summed E-state index contributed by atoms with van der Waals surface area (Å²) in [7, 11) is 0. The van der Waals surface area contributed by atoms with Gasteiger partial charge in [0.2, 0.25) is 0 Å². The largest absolute Gasteiger partial charge is 0.382 e. The first-order valence-corrected chi connectivity index (χ1v) is 6.53. The summed E-state index contributed by atoms with van der Waals surface area (Å²) in [6, 6.07) is -0.0485. The molecule has 1 aliphatic heterocycles. The molecule has 6 nitrogen and oxygen atoms in total. The van der Waals surface area contributed by atoms with Crippen LogP contribution in [0.25, 0.3) is 5.52 Å². The molecule has 0 aliphatic carbocycles. The molecule has 3 rings (SSSR count). The minimum atomic E-state index is -0.145. The first-order chi connectivity index (χ1) is 9.72. The quantitative estimate of drug-likeness (QED) is 0.783. The van der Waals surface area contributed by atoms with E-state index in [2.05, 4.69) is 21.8 Å². The van der Waals surface area contributed by atoms with Crippen molar-refractivity contribution in [1.82, 2.24) is 19.3 Å². The minimum absolute atomic E-state index is 0.0485. The molecule has 0 radical (unpaired) electrons. The van der Waals surface area contributed by atoms with Gasteiger partial charge >= 0.3 is 0 Å². The van der Waals surface area contributed by atoms with Gasteiger partial charge in [-0.2, -0.15) is 0 Å². The number of hydrogen-bond acceptors (Lipinski definition) is 4. The molecule has 102 valence electrons. The number of imidazole rings is 1. The molecule has 0 bridgehead atoms. The van der Waals surface area contributed by atoms with Crippen molar-refractivity contribution >= 4 is 17.2 Å². The van der Waals surface area contributed by atoms with E-state index in [1.807, 2.05) is 10.6 Å². The Hall–Kier alpha value is -2.55. The van der Waals surface area contributed by atoms with Gasteiger partial charge in [-0.15, -0.1) is 0 Å². The molecule has 0 aromatic carbocycles. The zero-order chi connectivity index (χ0) is 14.1. The van der Waals surface area contributed by atoms with Crippen molar-refractivity contribution < 1.29 is 4.79 Å². The van der Waals surface area contributed by atoms with Gasteiger partial charge in [-0.05, 0) is 25.7 Å². The van der Waals surface area contributed by atoms with E-state index in [0.717, 1.165) is 24.2 Å². The fourth-order valence-corrected chi connectivity index (χ4v) is 2.67. The highest BCUT2D eigenvalue weighted by molar-refractivity contribution is 5.93. The van der Waals surface area contributed by atoms with Gasteiger partial charge in [-0.3, -0.25) is 9.20 Å². The highest BCUT2D eigenvalue weighted by atomic mass is 16.2. The summed E-state index contributed by atoms with van der Waals surface area (Å²) in [4.78, 5) is 22.3. The number of anilines is 1. The lowest BCUT2D eigenvalue weighted by molar-refractivity contribution is -0.126. The van der Waals surface area contributed by atoms with Gasteiger partial charge in [0.1, 0.15) is 17.2 Å². The number of hydrogen-bond donors (Lipinski definition) is 1. The molecule has 0 unspecified atom stereocenters. The van der Waals surface area contributed by atoms with E-state index in [1.165, 1.54) is 0 Å². The lowest BCUT2D eigenvalue weighted by Crippen LogP contribution is -2.30. The van der Waals surface area contributed by atoms with Gasteiger partial charge < -0.3 is 10.6 Å². The van der Waals surface area contributed by atoms with Crippen LogP contribution in [0.5, 0.6) is 0 Å². The number of rotatable bonds is 1. The third-order valence-corrected chi connectivity index (χ3v) is 3.56. The summed E-state index contributed by atoms with van der Waals surface area (Å²) < 4.78 is 1.90. The predicted molar refractivity (Wildman–Crippen MR) is 74.5 cm³/mol. The molecule has 0 spiro atoms. The van der Waals surface area contributed by atoms with Gasteiger partial charge in [-0.1, -0.05) is 5.92 Å². The van der Waals surface area contributed by atoms with Gasteiger partial charge in [0.15, 0.2) is 0 Å². The average molecular weight is 269 g/mol. The Bertz CT molecular complexity index is 724. The Kier molecular flexibility index (Phi) is 3.03. The molecule has 1 aliphatic rings. The van der Waals surface area contributed by atoms with Crippen molar-refractivity contribution in [1.29, 1.82) is 0 Å². The second-order valence-corrected chi connectivity index (χ2v) is 4.72. The summed E-state index contributed by atoms with van der Waals surface area (Å²) in [6.45, 7) is 2.38. The van der Waals surface area contributed by atoms with Crippen LogP contribution >= 0.6 is 0 Å². The number of nitrogen functional groups attached to an aromatic ring is 1. The smallest absolute Gasteiger partial charge is 0.299 e. The van der Waals surface area contributed by atoms with E-state index in [4.69, 9.17) is 5.73 Å². The molecule has 2 aromatic rings. The maximum absolute atomic E-state index is 12.0. The molecule has 1 amide bonds. The van der Waals surface area contributed by atoms with Gasteiger partial charge in [0.05, 0.1) is 12.2 Å². The first-order valence-electron chi connectivity index (χ1n) is 6.53. The van der Waals surface area contributed by atoms with E-state index in [0.29, 0.717) is 12.4 Å². The lowest BCUT2D eigenvalue weighted by Gasteiger charge is -2.21. The van der Waals surface area contributed by atoms with Crippen LogP contribution < -0.4 is 5.73 Å². The third-order valence-electron chi connectivity index (χ3n) is 3.56. The van der Waals surface area contributed by atoms with Gasteiger partial charge in [-0.25, -0.2) is 9.97 Å². The minimum Gasteiger partial charge on any atom is -0.382 e. The molecule has 6 heteroatoms. The maximum Gasteiger partial charge on any atom is 0.299 e. The van der Waals surface area contributed by atoms with Gasteiger partial charge in [0.25, 0.3) is 5.91 Å². The van der Waals surface area contributed by atoms with Crippen molar-refractivity contribution in [2.24, 2.45) is 0 Å². The molecule has 2 aromatic heterocycles. The van der Waals surface area contributed by atoms with Crippen LogP contribution in [0.1, 0.15) is 31.6 Å². The topological polar surface area (TPSA) is 76.5 Å². The number of nitrogens with zero attached hydrogens (tertiary/aromatic N) is 4. The molecular formula is C14H15N5O. The second-order valence-electron chi connectivity index (χ2n) is 4.72. The molecule has 20 heavy (non-hydrogen) atoms. The Balaban J connectivity index is 2.03. The van der Waals surface area contributed by atoms with Crippen LogP contribution in [0, 0.1) is 11.8 Å². The number of carbonyl (C=O) groups is 1. The fraction of sp³-hybridized carbons (Fsp3) is 0.357. The van der Waals surface area contributed by atoms with Crippen LogP contribution in [0.3, 0.4) is 0 Å². The number of fused-ring (bicyclic) bond motifs is 1. The number of carbonyl (C=O) groups excluding carboxylic acids is 1. The molecular weight excluding hydrogens is 254 g/mol. The zero-order valence-electron chi connectivity index (χ0n) is 11.2. The van der Waals surface area contributed by atoms with E-state index in [9.17, 15) is 4.79 Å². The first kappa shape index (κ1) is 12.5. The molecule has 1 saturated heterocycles. The highest BCUT2D eigenvalue weighted by Crippen LogP contribution is 2.31. The highest BCUT2D eigenvalue weighted by Gasteiger charge is 2.32. The molecule has 0 saturated carbocycles. The van der Waals surface area contributed by atoms with E-state index >= 15 is 0 Å². The summed E-state index contributed by atoms with van der Waals surface area (Å²) in [5, 5.41) is 0. The lowest BCUT2D eigenvalue weighted by atomic mass is 10.2. The van der Waals surface area contributed by atoms with Crippen LogP contribution in [0.15, 0.2) is 18.6 Å². The van der Waals surface area contributed by atoms with Crippen LogP contribution in [-0.2, 0) is 4.79 Å². The Labute approximate surface area is 116 Å². The maximum atomic E-state index is 12.0. The monoisotopic (exact) mass is 269 g/mol. The van der Waals surface area contributed by atoms with E-state index in [1.54, 1.807) is 24.2 Å². The van der Waals surface area contributed by atoms with Crippen LogP contribution in [-0.4, -0.2) is 31.7 Å². The number of amides is 1. The molecule has 2 N–H and O–H groups in total. The van der Waals surface area contributed by atoms with E-state index in [-0.39, 0.29) is 11.9 Å². The van der Waals surface area contributed by atoms with Crippen LogP contribution in [0.4, 0.5) is 5.82 Å². The van der Waals surface area contributed by atoms with Crippen molar-refractivity contribution in [3.05, 3.63) is 24.4 Å². The average Bonchev–Trinajstić information content (AvgIpc) is 3.05. The van der Waals surface area contributed by atoms with Crippen molar-refractivity contribution in [3.8, 4) is 11.8 Å². The standard InChI is InChI=1S/C14H15N5O/c1-2-4-12(20)18-7-3-5-10(18)14-17-9-11-13(15)16-6-8-19(11)14/h6,8-10H,3,5,7H2,1H3,(H2,15,16)/t10-/m0/s1. The molecule has 1 atom stereocenters. The number of nitrogens with two attached hydrogens (primary N) is 1. The second kappa shape index (κ2) is 4.85. The summed E-state index contributed by atoms with van der Waals surface area (Å²) >= 11 is 0. The molecule has 1 fully saturated rings. The SMILES string of the molecule is CC#CC(=O)N1CCC[C@H]1c1ncc2c(N)nccn12. The normalized spacial score (nSPS) is 18.1. The number of aromatic nitrogens is 3. The Morgan fingerprint density at radius 1 is 1.50 bits per heavy atom. The Morgan fingerprint density at radius 2 is 2.35 bits per heavy atom.